The molecule has 0 aliphatic carbocycles. The molecule has 2 unspecified atom stereocenters. The zero-order valence-corrected chi connectivity index (χ0v) is 24.9. The molecule has 0 aromatic heterocycles. The van der Waals surface area contributed by atoms with E-state index in [1.807, 2.05) is 6.92 Å². The maximum Gasteiger partial charge on any atom is 1.00 e. The molecule has 0 spiro atoms. The second-order valence-corrected chi connectivity index (χ2v) is 10.8. The number of ether oxygens (including phenoxy) is 1. The largest absolute Gasteiger partial charge is 1.00 e. The van der Waals surface area contributed by atoms with Crippen LogP contribution >= 0.6 is 0 Å². The summed E-state index contributed by atoms with van der Waals surface area (Å²) in [5.74, 6) is -24.8. The Kier molecular flexibility index (Phi) is 18.0. The first-order chi connectivity index (χ1) is 17.6. The first-order valence-electron chi connectivity index (χ1n) is 12.2. The minimum atomic E-state index is -7.19. The molecular formula is C22H32F9NaO7S. The average molecular weight is 635 g/mol. The van der Waals surface area contributed by atoms with E-state index in [1.54, 1.807) is 0 Å². The molecule has 0 heterocycles. The van der Waals surface area contributed by atoms with Gasteiger partial charge in [-0.15, -0.1) is 0 Å². The molecule has 0 aromatic rings. The molecule has 0 aliphatic rings. The monoisotopic (exact) mass is 634 g/mol. The quantitative estimate of drug-likeness (QED) is 0.0719. The minimum absolute atomic E-state index is 0. The predicted molar refractivity (Wildman–Crippen MR) is 117 cm³/mol. The number of alkyl halides is 9. The van der Waals surface area contributed by atoms with Gasteiger partial charge in [0.1, 0.15) is 6.10 Å². The standard InChI is InChI=1S/C22H33F9O7S.Na/c1-2-3-4-5-6-7-8-9-10-11-12-15(38-18(34)16(13-17(32)33)39(35,36)37)14-19(23,24)20(25,26)21(27,28)22(29,30)31;/h15-16H,2-14H2,1H3,(H,32,33)(H,35,36,37);/q;+1/p-1. The summed E-state index contributed by atoms with van der Waals surface area (Å²) >= 11 is 0. The van der Waals surface area contributed by atoms with Crippen LogP contribution in [0.5, 0.6) is 0 Å². The third-order valence-electron chi connectivity index (χ3n) is 5.83. The van der Waals surface area contributed by atoms with Crippen LogP contribution in [0.15, 0.2) is 0 Å². The zero-order chi connectivity index (χ0) is 30.7. The third-order valence-corrected chi connectivity index (χ3v) is 6.91. The molecule has 0 aromatic carbocycles. The van der Waals surface area contributed by atoms with Gasteiger partial charge in [0.2, 0.25) is 0 Å². The molecule has 0 rings (SSSR count). The van der Waals surface area contributed by atoms with Gasteiger partial charge in [-0.1, -0.05) is 64.7 Å². The Hall–Kier alpha value is -0.780. The normalized spacial score (nSPS) is 14.8. The van der Waals surface area contributed by atoms with Crippen LogP contribution in [0.3, 0.4) is 0 Å². The predicted octanol–water partition coefficient (Wildman–Crippen LogP) is 2.47. The molecular weight excluding hydrogens is 602 g/mol. The molecule has 0 bridgehead atoms. The van der Waals surface area contributed by atoms with E-state index in [1.165, 1.54) is 0 Å². The van der Waals surface area contributed by atoms with Crippen LogP contribution in [0.1, 0.15) is 90.4 Å². The summed E-state index contributed by atoms with van der Waals surface area (Å²) in [6.45, 7) is 2.04. The van der Waals surface area contributed by atoms with Gasteiger partial charge in [0.25, 0.3) is 10.1 Å². The number of carbonyl (C=O) groups is 2. The molecule has 0 aliphatic heterocycles. The maximum absolute atomic E-state index is 14.2. The van der Waals surface area contributed by atoms with Crippen molar-refractivity contribution in [2.24, 2.45) is 0 Å². The Labute approximate surface area is 248 Å². The van der Waals surface area contributed by atoms with Gasteiger partial charge < -0.3 is 14.6 Å². The van der Waals surface area contributed by atoms with Gasteiger partial charge in [-0.05, 0) is 12.8 Å². The molecule has 40 heavy (non-hydrogen) atoms. The number of rotatable bonds is 20. The SMILES string of the molecule is CCCCCCCCCCCCC(CC(F)(F)C(F)(F)C(F)(F)C(F)(F)F)OC(=O)C(CC(=O)[O-])S(=O)(=O)O.[Na+]. The van der Waals surface area contributed by atoms with Crippen LogP contribution in [0.25, 0.3) is 0 Å². The van der Waals surface area contributed by atoms with Crippen molar-refractivity contribution in [3.05, 3.63) is 0 Å². The Bertz CT molecular complexity index is 884. The summed E-state index contributed by atoms with van der Waals surface area (Å²) in [6.07, 6.45) is -7.72. The van der Waals surface area contributed by atoms with Crippen molar-refractivity contribution in [2.75, 3.05) is 0 Å². The molecule has 0 fully saturated rings. The Morgan fingerprint density at radius 3 is 1.60 bits per heavy atom. The van der Waals surface area contributed by atoms with Crippen LogP contribution in [0, 0.1) is 0 Å². The van der Waals surface area contributed by atoms with Crippen LogP contribution in [-0.2, 0) is 24.4 Å². The molecule has 1 N–H and O–H groups in total. The van der Waals surface area contributed by atoms with Crippen molar-refractivity contribution in [3.8, 4) is 0 Å². The Morgan fingerprint density at radius 1 is 0.800 bits per heavy atom. The van der Waals surface area contributed by atoms with Gasteiger partial charge in [0, 0.05) is 12.4 Å². The fourth-order valence-electron chi connectivity index (χ4n) is 3.59. The number of unbranched alkanes of at least 4 members (excludes halogenated alkanes) is 9. The second-order valence-electron chi connectivity index (χ2n) is 9.16. The van der Waals surface area contributed by atoms with Crippen LogP contribution in [0.4, 0.5) is 39.5 Å². The smallest absolute Gasteiger partial charge is 0.550 e. The second kappa shape index (κ2) is 17.4. The van der Waals surface area contributed by atoms with E-state index >= 15 is 0 Å². The molecule has 0 radical (unpaired) electrons. The fraction of sp³-hybridized carbons (Fsp3) is 0.909. The summed E-state index contributed by atoms with van der Waals surface area (Å²) in [7, 11) is -5.56. The summed E-state index contributed by atoms with van der Waals surface area (Å²) in [6, 6.07) is 0. The van der Waals surface area contributed by atoms with E-state index in [-0.39, 0.29) is 42.4 Å². The minimum Gasteiger partial charge on any atom is -0.550 e. The van der Waals surface area contributed by atoms with Crippen molar-refractivity contribution in [1.29, 1.82) is 0 Å². The van der Waals surface area contributed by atoms with E-state index in [2.05, 4.69) is 4.74 Å². The van der Waals surface area contributed by atoms with E-state index in [0.29, 0.717) is 12.8 Å². The Morgan fingerprint density at radius 2 is 1.23 bits per heavy atom. The van der Waals surface area contributed by atoms with Crippen molar-refractivity contribution in [1.82, 2.24) is 0 Å². The first kappa shape index (κ1) is 41.4. The molecule has 7 nitrogen and oxygen atoms in total. The maximum atomic E-state index is 14.2. The number of esters is 1. The van der Waals surface area contributed by atoms with Crippen molar-refractivity contribution < 1.29 is 101 Å². The number of hydrogen-bond acceptors (Lipinski definition) is 6. The van der Waals surface area contributed by atoms with Crippen LogP contribution < -0.4 is 34.7 Å². The first-order valence-corrected chi connectivity index (χ1v) is 13.7. The Balaban J connectivity index is 0. The van der Waals surface area contributed by atoms with Gasteiger partial charge in [-0.25, -0.2) is 0 Å². The van der Waals surface area contributed by atoms with Gasteiger partial charge >= 0.3 is 59.5 Å². The van der Waals surface area contributed by atoms with E-state index < -0.39 is 76.6 Å². The number of carbonyl (C=O) groups excluding carboxylic acids is 2. The molecule has 0 saturated heterocycles. The molecule has 232 valence electrons. The number of carboxylic acid groups (broad SMARTS) is 1. The number of halogens is 9. The van der Waals surface area contributed by atoms with Crippen molar-refractivity contribution in [3.63, 3.8) is 0 Å². The number of carboxylic acids is 1. The summed E-state index contributed by atoms with van der Waals surface area (Å²) in [4.78, 5) is 22.8. The van der Waals surface area contributed by atoms with E-state index in [9.17, 15) is 62.6 Å². The average Bonchev–Trinajstić information content (AvgIpc) is 2.76. The molecule has 0 amide bonds. The fourth-order valence-corrected chi connectivity index (χ4v) is 4.23. The molecule has 2 atom stereocenters. The van der Waals surface area contributed by atoms with Gasteiger partial charge in [0.15, 0.2) is 5.25 Å². The number of aliphatic carboxylic acids is 1. The van der Waals surface area contributed by atoms with Crippen molar-refractivity contribution in [2.45, 2.75) is 126 Å². The molecule has 0 saturated carbocycles. The summed E-state index contributed by atoms with van der Waals surface area (Å²) in [5, 5.41) is 7.72. The zero-order valence-electron chi connectivity index (χ0n) is 22.1. The van der Waals surface area contributed by atoms with Crippen LogP contribution in [0.2, 0.25) is 0 Å². The van der Waals surface area contributed by atoms with Gasteiger partial charge in [-0.3, -0.25) is 9.35 Å². The molecule has 18 heteroatoms. The van der Waals surface area contributed by atoms with Crippen LogP contribution in [-0.4, -0.2) is 60.2 Å². The summed E-state index contributed by atoms with van der Waals surface area (Å²) in [5.41, 5.74) is 0. The van der Waals surface area contributed by atoms with Gasteiger partial charge in [-0.2, -0.15) is 47.9 Å². The van der Waals surface area contributed by atoms with E-state index in [4.69, 9.17) is 4.55 Å². The van der Waals surface area contributed by atoms with Crippen molar-refractivity contribution >= 4 is 22.1 Å². The third kappa shape index (κ3) is 13.0. The summed E-state index contributed by atoms with van der Waals surface area (Å²) < 4.78 is 155. The number of hydrogen-bond donors (Lipinski definition) is 1. The van der Waals surface area contributed by atoms with E-state index in [0.717, 1.165) is 38.5 Å². The van der Waals surface area contributed by atoms with Gasteiger partial charge in [0.05, 0.1) is 6.42 Å². The topological polar surface area (TPSA) is 121 Å².